The van der Waals surface area contributed by atoms with Crippen LogP contribution in [0.25, 0.3) is 11.3 Å². The summed E-state index contributed by atoms with van der Waals surface area (Å²) in [5, 5.41) is 0. The van der Waals surface area contributed by atoms with E-state index >= 15 is 0 Å². The van der Waals surface area contributed by atoms with E-state index in [0.29, 0.717) is 29.5 Å². The summed E-state index contributed by atoms with van der Waals surface area (Å²) in [4.78, 5) is 22.3. The maximum absolute atomic E-state index is 12.6. The summed E-state index contributed by atoms with van der Waals surface area (Å²) in [5.41, 5.74) is 1.26. The second-order valence-electron chi connectivity index (χ2n) is 8.83. The maximum atomic E-state index is 12.6. The van der Waals surface area contributed by atoms with Crippen LogP contribution in [0.5, 0.6) is 23.0 Å². The average Bonchev–Trinajstić information content (AvgIpc) is 3.40. The van der Waals surface area contributed by atoms with Crippen molar-refractivity contribution in [3.8, 4) is 34.3 Å². The number of carbonyl (C=O) groups excluding carboxylic acids is 1. The number of benzene rings is 2. The number of carbonyl (C=O) groups is 1. The van der Waals surface area contributed by atoms with Crippen molar-refractivity contribution >= 4 is 6.09 Å². The summed E-state index contributed by atoms with van der Waals surface area (Å²) < 4.78 is 17.5. The number of para-hydroxylation sites is 2. The topological polar surface area (TPSA) is 76.7 Å². The molecule has 7 nitrogen and oxygen atoms in total. The van der Waals surface area contributed by atoms with Crippen LogP contribution in [-0.2, 0) is 4.74 Å². The van der Waals surface area contributed by atoms with Gasteiger partial charge in [-0.05, 0) is 63.9 Å². The molecule has 0 bridgehead atoms. The van der Waals surface area contributed by atoms with E-state index in [1.54, 1.807) is 11.1 Å². The van der Waals surface area contributed by atoms with Gasteiger partial charge in [0.05, 0.1) is 17.9 Å². The minimum absolute atomic E-state index is 0.118. The van der Waals surface area contributed by atoms with Crippen molar-refractivity contribution in [3.63, 3.8) is 0 Å². The molecule has 31 heavy (non-hydrogen) atoms. The van der Waals surface area contributed by atoms with Crippen molar-refractivity contribution in [1.29, 1.82) is 0 Å². The van der Waals surface area contributed by atoms with Gasteiger partial charge < -0.3 is 19.2 Å². The molecule has 1 aromatic heterocycles. The van der Waals surface area contributed by atoms with Gasteiger partial charge in [-0.15, -0.1) is 0 Å². The van der Waals surface area contributed by atoms with Crippen molar-refractivity contribution < 1.29 is 19.0 Å². The third-order valence-corrected chi connectivity index (χ3v) is 5.34. The number of nitrogens with zero attached hydrogens (tertiary/aromatic N) is 2. The van der Waals surface area contributed by atoms with Gasteiger partial charge >= 0.3 is 6.09 Å². The molecule has 2 aromatic carbocycles. The van der Waals surface area contributed by atoms with Crippen LogP contribution in [0.15, 0.2) is 48.7 Å². The molecule has 3 aromatic rings. The molecule has 7 heteroatoms. The lowest BCUT2D eigenvalue weighted by molar-refractivity contribution is 0.0218. The molecule has 5 rings (SSSR count). The summed E-state index contributed by atoms with van der Waals surface area (Å²) in [6, 6.07) is 13.3. The molecule has 1 N–H and O–H groups in total. The zero-order valence-electron chi connectivity index (χ0n) is 17.8. The van der Waals surface area contributed by atoms with Crippen molar-refractivity contribution in [2.24, 2.45) is 0 Å². The van der Waals surface area contributed by atoms with Crippen LogP contribution in [0.2, 0.25) is 0 Å². The highest BCUT2D eigenvalue weighted by Crippen LogP contribution is 2.46. The third kappa shape index (κ3) is 3.83. The Morgan fingerprint density at radius 3 is 2.55 bits per heavy atom. The second kappa shape index (κ2) is 7.34. The molecule has 0 radical (unpaired) electrons. The molecule has 0 aliphatic carbocycles. The zero-order chi connectivity index (χ0) is 21.6. The number of aromatic nitrogens is 2. The van der Waals surface area contributed by atoms with E-state index in [2.05, 4.69) is 9.97 Å². The van der Waals surface area contributed by atoms with Gasteiger partial charge in [-0.25, -0.2) is 9.78 Å². The van der Waals surface area contributed by atoms with E-state index in [0.717, 1.165) is 29.9 Å². The Kier molecular flexibility index (Phi) is 4.61. The van der Waals surface area contributed by atoms with Crippen LogP contribution < -0.4 is 9.47 Å². The molecule has 1 amide bonds. The summed E-state index contributed by atoms with van der Waals surface area (Å²) >= 11 is 0. The number of rotatable bonds is 2. The highest BCUT2D eigenvalue weighted by Gasteiger charge is 2.35. The highest BCUT2D eigenvalue weighted by atomic mass is 16.6. The van der Waals surface area contributed by atoms with Gasteiger partial charge in [-0.3, -0.25) is 4.90 Å². The van der Waals surface area contributed by atoms with Crippen molar-refractivity contribution in [2.45, 2.75) is 45.3 Å². The molecule has 2 aliphatic rings. The first-order valence-corrected chi connectivity index (χ1v) is 10.5. The van der Waals surface area contributed by atoms with E-state index in [1.165, 1.54) is 0 Å². The van der Waals surface area contributed by atoms with Crippen LogP contribution in [0.1, 0.15) is 45.5 Å². The fraction of sp³-hybridized carbons (Fsp3) is 0.333. The number of aromatic amines is 1. The second-order valence-corrected chi connectivity index (χ2v) is 8.83. The number of ether oxygens (including phenoxy) is 3. The number of hydrogen-bond acceptors (Lipinski definition) is 5. The first kappa shape index (κ1) is 19.5. The largest absolute Gasteiger partial charge is 0.450 e. The molecule has 1 fully saturated rings. The smallest absolute Gasteiger partial charge is 0.410 e. The molecule has 1 saturated heterocycles. The van der Waals surface area contributed by atoms with Gasteiger partial charge in [0.1, 0.15) is 11.4 Å². The van der Waals surface area contributed by atoms with E-state index in [-0.39, 0.29) is 12.1 Å². The SMILES string of the molecule is CC(C)(C)OC(=O)N1CCC[C@H]1c1ncc(-c2ccc3c(c2)Oc2ccccc2O3)[nH]1. The Morgan fingerprint density at radius 2 is 1.81 bits per heavy atom. The van der Waals surface area contributed by atoms with E-state index in [4.69, 9.17) is 14.2 Å². The normalized spacial score (nSPS) is 17.4. The monoisotopic (exact) mass is 419 g/mol. The Bertz CT molecular complexity index is 1130. The molecule has 0 spiro atoms. The molecule has 3 heterocycles. The van der Waals surface area contributed by atoms with Gasteiger partial charge in [-0.2, -0.15) is 0 Å². The lowest BCUT2D eigenvalue weighted by Gasteiger charge is -2.27. The Hall–Kier alpha value is -3.48. The van der Waals surface area contributed by atoms with Gasteiger partial charge in [-0.1, -0.05) is 12.1 Å². The molecule has 160 valence electrons. The maximum Gasteiger partial charge on any atom is 0.410 e. The number of likely N-dealkylation sites (tertiary alicyclic amines) is 1. The summed E-state index contributed by atoms with van der Waals surface area (Å²) in [6.45, 7) is 6.29. The van der Waals surface area contributed by atoms with Gasteiger partial charge in [0.15, 0.2) is 23.0 Å². The molecule has 0 unspecified atom stereocenters. The minimum Gasteiger partial charge on any atom is -0.450 e. The average molecular weight is 419 g/mol. The lowest BCUT2D eigenvalue weighted by atomic mass is 10.1. The lowest BCUT2D eigenvalue weighted by Crippen LogP contribution is -2.36. The Balaban J connectivity index is 1.37. The summed E-state index contributed by atoms with van der Waals surface area (Å²) in [7, 11) is 0. The van der Waals surface area contributed by atoms with E-state index < -0.39 is 5.60 Å². The van der Waals surface area contributed by atoms with Crippen LogP contribution in [0, 0.1) is 0 Å². The Morgan fingerprint density at radius 1 is 1.10 bits per heavy atom. The first-order valence-electron chi connectivity index (χ1n) is 10.5. The Labute approximate surface area is 181 Å². The van der Waals surface area contributed by atoms with Crippen LogP contribution in [-0.4, -0.2) is 33.1 Å². The number of hydrogen-bond donors (Lipinski definition) is 1. The van der Waals surface area contributed by atoms with Gasteiger partial charge in [0.25, 0.3) is 0 Å². The molecule has 1 atom stereocenters. The predicted octanol–water partition coefficient (Wildman–Crippen LogP) is 6.05. The zero-order valence-corrected chi connectivity index (χ0v) is 17.8. The number of amides is 1. The van der Waals surface area contributed by atoms with E-state index in [1.807, 2.05) is 63.2 Å². The molecule has 2 aliphatic heterocycles. The summed E-state index contributed by atoms with van der Waals surface area (Å²) in [5.74, 6) is 3.49. The minimum atomic E-state index is -0.525. The van der Waals surface area contributed by atoms with Crippen molar-refractivity contribution in [1.82, 2.24) is 14.9 Å². The number of H-pyrrole nitrogens is 1. The number of fused-ring (bicyclic) bond motifs is 2. The molecule has 0 saturated carbocycles. The quantitative estimate of drug-likeness (QED) is 0.428. The fourth-order valence-corrected chi connectivity index (χ4v) is 3.94. The predicted molar refractivity (Wildman–Crippen MR) is 116 cm³/mol. The number of nitrogens with one attached hydrogen (secondary N) is 1. The number of imidazole rings is 1. The van der Waals surface area contributed by atoms with E-state index in [9.17, 15) is 4.79 Å². The van der Waals surface area contributed by atoms with Gasteiger partial charge in [0, 0.05) is 12.1 Å². The first-order chi connectivity index (χ1) is 14.9. The van der Waals surface area contributed by atoms with Crippen molar-refractivity contribution in [2.75, 3.05) is 6.54 Å². The van der Waals surface area contributed by atoms with Gasteiger partial charge in [0.2, 0.25) is 0 Å². The summed E-state index contributed by atoms with van der Waals surface area (Å²) in [6.07, 6.45) is 3.26. The highest BCUT2D eigenvalue weighted by molar-refractivity contribution is 5.69. The third-order valence-electron chi connectivity index (χ3n) is 5.34. The van der Waals surface area contributed by atoms with Crippen LogP contribution in [0.3, 0.4) is 0 Å². The standard InChI is InChI=1S/C24H25N3O4/c1-24(2,3)31-23(28)27-12-6-7-17(27)22-25-14-16(26-22)15-10-11-20-21(13-15)30-19-9-5-4-8-18(19)29-20/h4-5,8-11,13-14,17H,6-7,12H2,1-3H3,(H,25,26)/t17-/m0/s1. The van der Waals surface area contributed by atoms with Crippen LogP contribution in [0.4, 0.5) is 4.79 Å². The molecular weight excluding hydrogens is 394 g/mol. The molecular formula is C24H25N3O4. The van der Waals surface area contributed by atoms with Crippen LogP contribution >= 0.6 is 0 Å². The fourth-order valence-electron chi connectivity index (χ4n) is 3.94. The van der Waals surface area contributed by atoms with Crippen molar-refractivity contribution in [3.05, 3.63) is 54.5 Å².